The Kier molecular flexibility index (Phi) is 5.97. The first-order valence-corrected chi connectivity index (χ1v) is 10.4. The van der Waals surface area contributed by atoms with Gasteiger partial charge in [-0.2, -0.15) is 0 Å². The minimum atomic E-state index is -0.398. The number of rotatable bonds is 4. The van der Waals surface area contributed by atoms with Gasteiger partial charge in [-0.1, -0.05) is 0 Å². The summed E-state index contributed by atoms with van der Waals surface area (Å²) in [7, 11) is 0. The molecule has 30 heavy (non-hydrogen) atoms. The molecule has 2 amide bonds. The highest BCUT2D eigenvalue weighted by Gasteiger charge is 2.29. The smallest absolute Gasteiger partial charge is 0.253 e. The molecule has 1 atom stereocenters. The van der Waals surface area contributed by atoms with Gasteiger partial charge in [0.2, 0.25) is 5.91 Å². The van der Waals surface area contributed by atoms with Crippen LogP contribution in [0.3, 0.4) is 0 Å². The number of carbonyl (C=O) groups is 2. The van der Waals surface area contributed by atoms with Crippen LogP contribution in [0.5, 0.6) is 0 Å². The Balaban J connectivity index is 1.39. The van der Waals surface area contributed by atoms with Crippen molar-refractivity contribution in [1.29, 1.82) is 0 Å². The zero-order valence-corrected chi connectivity index (χ0v) is 16.7. The lowest BCUT2D eigenvalue weighted by Crippen LogP contribution is -2.43. The van der Waals surface area contributed by atoms with Crippen LogP contribution in [0.25, 0.3) is 0 Å². The second kappa shape index (κ2) is 8.81. The van der Waals surface area contributed by atoms with E-state index < -0.39 is 5.82 Å². The van der Waals surface area contributed by atoms with Crippen molar-refractivity contribution in [2.75, 3.05) is 36.4 Å². The first kappa shape index (κ1) is 20.3. The van der Waals surface area contributed by atoms with Crippen LogP contribution in [0.2, 0.25) is 0 Å². The van der Waals surface area contributed by atoms with Crippen molar-refractivity contribution in [1.82, 2.24) is 4.90 Å². The molecule has 2 fully saturated rings. The van der Waals surface area contributed by atoms with E-state index in [2.05, 4.69) is 5.32 Å². The minimum absolute atomic E-state index is 0.214. The van der Waals surface area contributed by atoms with Gasteiger partial charge in [-0.15, -0.1) is 0 Å². The Morgan fingerprint density at radius 1 is 0.933 bits per heavy atom. The molecule has 0 radical (unpaired) electrons. The molecule has 0 spiro atoms. The van der Waals surface area contributed by atoms with Crippen LogP contribution in [-0.2, 0) is 4.79 Å². The first-order chi connectivity index (χ1) is 14.5. The molecule has 0 aliphatic carbocycles. The van der Waals surface area contributed by atoms with Gasteiger partial charge in [0.05, 0.1) is 11.6 Å². The summed E-state index contributed by atoms with van der Waals surface area (Å²) in [5, 5.41) is 2.79. The van der Waals surface area contributed by atoms with Gasteiger partial charge in [0.25, 0.3) is 5.91 Å². The molecule has 1 unspecified atom stereocenters. The van der Waals surface area contributed by atoms with Gasteiger partial charge in [0, 0.05) is 37.4 Å². The van der Waals surface area contributed by atoms with Crippen molar-refractivity contribution in [3.05, 3.63) is 59.7 Å². The van der Waals surface area contributed by atoms with Crippen molar-refractivity contribution in [3.63, 3.8) is 0 Å². The molecule has 0 aromatic heterocycles. The summed E-state index contributed by atoms with van der Waals surface area (Å²) in [6.07, 6.45) is 3.49. The third-order valence-corrected chi connectivity index (χ3v) is 5.83. The molecule has 1 N–H and O–H groups in total. The SMILES string of the molecule is O=C(Nc1ccc(N2CCCC2)c(F)c1)C1CCCN(C(=O)c2ccc(F)cc2)C1. The fourth-order valence-electron chi connectivity index (χ4n) is 4.19. The lowest BCUT2D eigenvalue weighted by molar-refractivity contribution is -0.121. The highest BCUT2D eigenvalue weighted by molar-refractivity contribution is 5.96. The molecule has 2 heterocycles. The van der Waals surface area contributed by atoms with E-state index in [0.717, 1.165) is 25.9 Å². The van der Waals surface area contributed by atoms with Crippen LogP contribution < -0.4 is 10.2 Å². The molecule has 2 aromatic rings. The molecule has 158 valence electrons. The summed E-state index contributed by atoms with van der Waals surface area (Å²) < 4.78 is 27.6. The number of likely N-dealkylation sites (tertiary alicyclic amines) is 1. The summed E-state index contributed by atoms with van der Waals surface area (Å²) in [5.74, 6) is -1.55. The average molecular weight is 413 g/mol. The number of hydrogen-bond donors (Lipinski definition) is 1. The molecule has 2 aromatic carbocycles. The van der Waals surface area contributed by atoms with E-state index in [1.807, 2.05) is 4.90 Å². The monoisotopic (exact) mass is 413 g/mol. The maximum Gasteiger partial charge on any atom is 0.253 e. The topological polar surface area (TPSA) is 52.7 Å². The third-order valence-electron chi connectivity index (χ3n) is 5.83. The number of amides is 2. The van der Waals surface area contributed by atoms with Gasteiger partial charge in [-0.25, -0.2) is 8.78 Å². The maximum atomic E-state index is 14.5. The van der Waals surface area contributed by atoms with Crippen LogP contribution in [0.1, 0.15) is 36.0 Å². The van der Waals surface area contributed by atoms with Crippen molar-refractivity contribution < 1.29 is 18.4 Å². The fourth-order valence-corrected chi connectivity index (χ4v) is 4.19. The number of benzene rings is 2. The second-order valence-electron chi connectivity index (χ2n) is 7.95. The number of halogens is 2. The highest BCUT2D eigenvalue weighted by Crippen LogP contribution is 2.27. The lowest BCUT2D eigenvalue weighted by Gasteiger charge is -2.32. The average Bonchev–Trinajstić information content (AvgIpc) is 3.28. The maximum absolute atomic E-state index is 14.5. The molecule has 2 saturated heterocycles. The van der Waals surface area contributed by atoms with E-state index in [-0.39, 0.29) is 30.1 Å². The molecule has 0 saturated carbocycles. The lowest BCUT2D eigenvalue weighted by atomic mass is 9.96. The number of nitrogens with zero attached hydrogens (tertiary/aromatic N) is 2. The Hall–Kier alpha value is -2.96. The summed E-state index contributed by atoms with van der Waals surface area (Å²) in [5.41, 5.74) is 1.39. The third kappa shape index (κ3) is 4.45. The molecular weight excluding hydrogens is 388 g/mol. The van der Waals surface area contributed by atoms with Crippen molar-refractivity contribution in [2.45, 2.75) is 25.7 Å². The molecule has 4 rings (SSSR count). The molecule has 5 nitrogen and oxygen atoms in total. The minimum Gasteiger partial charge on any atom is -0.369 e. The van der Waals surface area contributed by atoms with Gasteiger partial charge < -0.3 is 15.1 Å². The van der Waals surface area contributed by atoms with E-state index in [0.29, 0.717) is 36.3 Å². The predicted octanol–water partition coefficient (Wildman–Crippen LogP) is 4.06. The molecule has 2 aliphatic heterocycles. The van der Waals surface area contributed by atoms with Gasteiger partial charge in [0.15, 0.2) is 0 Å². The summed E-state index contributed by atoms with van der Waals surface area (Å²) >= 11 is 0. The van der Waals surface area contributed by atoms with Crippen molar-refractivity contribution in [2.24, 2.45) is 5.92 Å². The fraction of sp³-hybridized carbons (Fsp3) is 0.391. The predicted molar refractivity (Wildman–Crippen MR) is 112 cm³/mol. The zero-order valence-electron chi connectivity index (χ0n) is 16.7. The van der Waals surface area contributed by atoms with Crippen molar-refractivity contribution >= 4 is 23.2 Å². The quantitative estimate of drug-likeness (QED) is 0.823. The van der Waals surface area contributed by atoms with Crippen LogP contribution in [0, 0.1) is 17.6 Å². The number of hydrogen-bond acceptors (Lipinski definition) is 3. The van der Waals surface area contributed by atoms with Gasteiger partial charge >= 0.3 is 0 Å². The number of anilines is 2. The Labute approximate surface area is 174 Å². The molecule has 7 heteroatoms. The first-order valence-electron chi connectivity index (χ1n) is 10.4. The Morgan fingerprint density at radius 3 is 2.37 bits per heavy atom. The Bertz CT molecular complexity index is 927. The normalized spacial score (nSPS) is 19.1. The van der Waals surface area contributed by atoms with E-state index in [1.165, 1.54) is 30.3 Å². The van der Waals surface area contributed by atoms with Crippen molar-refractivity contribution in [3.8, 4) is 0 Å². The number of nitrogens with one attached hydrogen (secondary N) is 1. The van der Waals surface area contributed by atoms with E-state index in [9.17, 15) is 18.4 Å². The van der Waals surface area contributed by atoms with Gasteiger partial charge in [0.1, 0.15) is 11.6 Å². The number of piperidine rings is 1. The van der Waals surface area contributed by atoms with Gasteiger partial charge in [-0.3, -0.25) is 9.59 Å². The summed E-state index contributed by atoms with van der Waals surface area (Å²) in [6, 6.07) is 10.2. The van der Waals surface area contributed by atoms with E-state index >= 15 is 0 Å². The molecule has 2 aliphatic rings. The molecule has 0 bridgehead atoms. The summed E-state index contributed by atoms with van der Waals surface area (Å²) in [4.78, 5) is 29.0. The summed E-state index contributed by atoms with van der Waals surface area (Å²) in [6.45, 7) is 2.54. The largest absolute Gasteiger partial charge is 0.369 e. The highest BCUT2D eigenvalue weighted by atomic mass is 19.1. The van der Waals surface area contributed by atoms with Crippen LogP contribution in [0.15, 0.2) is 42.5 Å². The van der Waals surface area contributed by atoms with Crippen LogP contribution in [-0.4, -0.2) is 42.9 Å². The second-order valence-corrected chi connectivity index (χ2v) is 7.95. The zero-order chi connectivity index (χ0) is 21.1. The van der Waals surface area contributed by atoms with Crippen LogP contribution in [0.4, 0.5) is 20.2 Å². The molecular formula is C23H25F2N3O2. The van der Waals surface area contributed by atoms with Gasteiger partial charge in [-0.05, 0) is 68.1 Å². The standard InChI is InChI=1S/C23H25F2N3O2/c24-18-7-5-16(6-8-18)23(30)28-13-3-4-17(15-28)22(29)26-19-9-10-21(20(25)14-19)27-11-1-2-12-27/h5-10,14,17H,1-4,11-13,15H2,(H,26,29). The van der Waals surface area contributed by atoms with E-state index in [4.69, 9.17) is 0 Å². The van der Waals surface area contributed by atoms with E-state index in [1.54, 1.807) is 17.0 Å². The van der Waals surface area contributed by atoms with Crippen LogP contribution >= 0.6 is 0 Å². The Morgan fingerprint density at radius 2 is 1.67 bits per heavy atom. The number of carbonyl (C=O) groups excluding carboxylic acids is 2.